The highest BCUT2D eigenvalue weighted by Crippen LogP contribution is 2.05. The number of hydrogen-bond acceptors (Lipinski definition) is 3. The predicted molar refractivity (Wildman–Crippen MR) is 80.2 cm³/mol. The van der Waals surface area contributed by atoms with E-state index >= 15 is 0 Å². The van der Waals surface area contributed by atoms with Crippen molar-refractivity contribution in [3.63, 3.8) is 0 Å². The number of thiocarbonyl (C=S) groups is 1. The van der Waals surface area contributed by atoms with Crippen molar-refractivity contribution in [2.45, 2.75) is 19.8 Å². The third-order valence-electron chi connectivity index (χ3n) is 2.59. The lowest BCUT2D eigenvalue weighted by Crippen LogP contribution is -2.26. The van der Waals surface area contributed by atoms with Crippen LogP contribution in [0.1, 0.15) is 24.5 Å². The maximum Gasteiger partial charge on any atom is 0.224 e. The van der Waals surface area contributed by atoms with Gasteiger partial charge in [-0.1, -0.05) is 36.5 Å². The topological polar surface area (TPSA) is 64.3 Å². The number of nitrogens with one attached hydrogen (secondary N) is 1. The first-order valence-corrected chi connectivity index (χ1v) is 6.77. The molecule has 0 radical (unpaired) electrons. The summed E-state index contributed by atoms with van der Waals surface area (Å²) in [5.41, 5.74) is 7.27. The minimum Gasteiger partial charge on any atom is -0.389 e. The fourth-order valence-electron chi connectivity index (χ4n) is 1.58. The molecule has 3 N–H and O–H groups in total. The lowest BCUT2D eigenvalue weighted by molar-refractivity contribution is -0.120. The summed E-state index contributed by atoms with van der Waals surface area (Å²) in [5, 5.41) is 2.86. The largest absolute Gasteiger partial charge is 0.389 e. The van der Waals surface area contributed by atoms with Gasteiger partial charge in [-0.05, 0) is 18.9 Å². The molecule has 0 unspecified atom stereocenters. The van der Waals surface area contributed by atoms with Crippen molar-refractivity contribution in [3.05, 3.63) is 35.4 Å². The van der Waals surface area contributed by atoms with Crippen molar-refractivity contribution in [3.8, 4) is 0 Å². The average Bonchev–Trinajstić information content (AvgIpc) is 2.39. The zero-order chi connectivity index (χ0) is 14.1. The van der Waals surface area contributed by atoms with E-state index in [1.54, 1.807) is 0 Å². The second-order valence-electron chi connectivity index (χ2n) is 4.14. The van der Waals surface area contributed by atoms with E-state index in [9.17, 15) is 4.79 Å². The molecule has 0 fully saturated rings. The molecule has 19 heavy (non-hydrogen) atoms. The zero-order valence-corrected chi connectivity index (χ0v) is 12.0. The number of benzene rings is 1. The minimum absolute atomic E-state index is 0.0135. The maximum absolute atomic E-state index is 11.7. The molecule has 1 aromatic rings. The van der Waals surface area contributed by atoms with E-state index in [2.05, 4.69) is 5.32 Å². The number of amides is 1. The smallest absolute Gasteiger partial charge is 0.224 e. The monoisotopic (exact) mass is 280 g/mol. The number of nitrogens with two attached hydrogens (primary N) is 1. The molecule has 4 nitrogen and oxygen atoms in total. The van der Waals surface area contributed by atoms with Gasteiger partial charge in [0.25, 0.3) is 0 Å². The van der Waals surface area contributed by atoms with Crippen molar-refractivity contribution in [1.82, 2.24) is 5.32 Å². The Bertz CT molecular complexity index is 418. The number of ether oxygens (including phenoxy) is 1. The molecule has 104 valence electrons. The summed E-state index contributed by atoms with van der Waals surface area (Å²) in [4.78, 5) is 12.0. The van der Waals surface area contributed by atoms with Crippen LogP contribution >= 0.6 is 12.2 Å². The molecule has 0 bridgehead atoms. The lowest BCUT2D eigenvalue weighted by Gasteiger charge is -2.06. The third-order valence-corrected chi connectivity index (χ3v) is 2.83. The van der Waals surface area contributed by atoms with Gasteiger partial charge >= 0.3 is 0 Å². The number of carbonyl (C=O) groups is 1. The van der Waals surface area contributed by atoms with Crippen LogP contribution in [0, 0.1) is 0 Å². The number of carbonyl (C=O) groups excluding carboxylic acids is 1. The minimum atomic E-state index is 0.0135. The molecule has 0 spiro atoms. The van der Waals surface area contributed by atoms with Crippen molar-refractivity contribution >= 4 is 23.1 Å². The molecule has 5 heteroatoms. The van der Waals surface area contributed by atoms with E-state index in [1.807, 2.05) is 31.2 Å². The summed E-state index contributed by atoms with van der Waals surface area (Å²) in [6.45, 7) is 3.99. The molecule has 0 aliphatic carbocycles. The van der Waals surface area contributed by atoms with E-state index < -0.39 is 0 Å². The Morgan fingerprint density at radius 1 is 1.37 bits per heavy atom. The molecule has 0 saturated heterocycles. The quantitative estimate of drug-likeness (QED) is 0.558. The molecule has 0 heterocycles. The van der Waals surface area contributed by atoms with E-state index in [4.69, 9.17) is 22.7 Å². The van der Waals surface area contributed by atoms with Gasteiger partial charge in [-0.25, -0.2) is 0 Å². The Balaban J connectivity index is 2.30. The van der Waals surface area contributed by atoms with Crippen LogP contribution in [0.25, 0.3) is 0 Å². The summed E-state index contributed by atoms with van der Waals surface area (Å²) >= 11 is 4.87. The predicted octanol–water partition coefficient (Wildman–Crippen LogP) is 1.41. The number of hydrogen-bond donors (Lipinski definition) is 2. The first-order valence-electron chi connectivity index (χ1n) is 6.36. The Morgan fingerprint density at radius 3 is 2.63 bits per heavy atom. The van der Waals surface area contributed by atoms with Crippen LogP contribution in [-0.4, -0.2) is 30.7 Å². The molecule has 0 aromatic heterocycles. The van der Waals surface area contributed by atoms with Gasteiger partial charge in [0, 0.05) is 25.3 Å². The van der Waals surface area contributed by atoms with Crippen LogP contribution in [0.5, 0.6) is 0 Å². The van der Waals surface area contributed by atoms with Gasteiger partial charge in [-0.3, -0.25) is 4.79 Å². The molecule has 1 rings (SSSR count). The summed E-state index contributed by atoms with van der Waals surface area (Å²) in [6.07, 6.45) is 1.20. The number of rotatable bonds is 8. The highest BCUT2D eigenvalue weighted by molar-refractivity contribution is 7.80. The Hall–Kier alpha value is -1.46. The standard InChI is InChI=1S/C14H20N2O2S/c1-2-18-9-3-8-16-13(17)10-11-4-6-12(7-5-11)14(15)19/h4-7H,2-3,8-10H2,1H3,(H2,15,19)(H,16,17). The fourth-order valence-corrected chi connectivity index (χ4v) is 1.72. The van der Waals surface area contributed by atoms with Crippen LogP contribution < -0.4 is 11.1 Å². The Morgan fingerprint density at radius 2 is 2.05 bits per heavy atom. The summed E-state index contributed by atoms with van der Waals surface area (Å²) in [6, 6.07) is 7.41. The van der Waals surface area contributed by atoms with E-state index in [0.717, 1.165) is 17.5 Å². The van der Waals surface area contributed by atoms with Gasteiger partial charge in [0.05, 0.1) is 6.42 Å². The first-order chi connectivity index (χ1) is 9.13. The van der Waals surface area contributed by atoms with Crippen molar-refractivity contribution < 1.29 is 9.53 Å². The van der Waals surface area contributed by atoms with Crippen molar-refractivity contribution in [2.24, 2.45) is 5.73 Å². The second-order valence-corrected chi connectivity index (χ2v) is 4.58. The van der Waals surface area contributed by atoms with Gasteiger partial charge in [-0.15, -0.1) is 0 Å². The van der Waals surface area contributed by atoms with Gasteiger partial charge in [0.2, 0.25) is 5.91 Å². The van der Waals surface area contributed by atoms with Gasteiger partial charge in [0.1, 0.15) is 4.99 Å². The lowest BCUT2D eigenvalue weighted by atomic mass is 10.1. The molecular formula is C14H20N2O2S. The van der Waals surface area contributed by atoms with E-state index in [0.29, 0.717) is 31.2 Å². The molecule has 0 saturated carbocycles. The summed E-state index contributed by atoms with van der Waals surface area (Å²) < 4.78 is 5.19. The highest BCUT2D eigenvalue weighted by Gasteiger charge is 2.03. The second kappa shape index (κ2) is 8.61. The van der Waals surface area contributed by atoms with Crippen LogP contribution in [-0.2, 0) is 16.0 Å². The summed E-state index contributed by atoms with van der Waals surface area (Å²) in [7, 11) is 0. The molecule has 0 atom stereocenters. The molecule has 0 aliphatic heterocycles. The van der Waals surface area contributed by atoms with Crippen molar-refractivity contribution in [1.29, 1.82) is 0 Å². The Kier molecular flexibility index (Phi) is 7.07. The van der Waals surface area contributed by atoms with Gasteiger partial charge in [-0.2, -0.15) is 0 Å². The SMILES string of the molecule is CCOCCCNC(=O)Cc1ccc(C(N)=S)cc1. The van der Waals surface area contributed by atoms with Crippen LogP contribution in [0.2, 0.25) is 0 Å². The van der Waals surface area contributed by atoms with Crippen LogP contribution in [0.3, 0.4) is 0 Å². The van der Waals surface area contributed by atoms with Crippen LogP contribution in [0.4, 0.5) is 0 Å². The fraction of sp³-hybridized carbons (Fsp3) is 0.429. The molecule has 1 amide bonds. The van der Waals surface area contributed by atoms with Gasteiger partial charge in [0.15, 0.2) is 0 Å². The maximum atomic E-state index is 11.7. The van der Waals surface area contributed by atoms with Gasteiger partial charge < -0.3 is 15.8 Å². The molecule has 1 aromatic carbocycles. The van der Waals surface area contributed by atoms with Crippen LogP contribution in [0.15, 0.2) is 24.3 Å². The zero-order valence-electron chi connectivity index (χ0n) is 11.1. The van der Waals surface area contributed by atoms with E-state index in [-0.39, 0.29) is 5.91 Å². The molecule has 0 aliphatic rings. The highest BCUT2D eigenvalue weighted by atomic mass is 32.1. The van der Waals surface area contributed by atoms with E-state index in [1.165, 1.54) is 0 Å². The average molecular weight is 280 g/mol. The molecular weight excluding hydrogens is 260 g/mol. The summed E-state index contributed by atoms with van der Waals surface area (Å²) in [5.74, 6) is 0.0135. The normalized spacial score (nSPS) is 10.2. The third kappa shape index (κ3) is 6.31. The Labute approximate surface area is 119 Å². The first kappa shape index (κ1) is 15.6. The van der Waals surface area contributed by atoms with Crippen molar-refractivity contribution in [2.75, 3.05) is 19.8 Å².